The summed E-state index contributed by atoms with van der Waals surface area (Å²) in [5, 5.41) is 17.9. The van der Waals surface area contributed by atoms with Gasteiger partial charge in [0.05, 0.1) is 3.57 Å². The van der Waals surface area contributed by atoms with Crippen LogP contribution in [0.3, 0.4) is 0 Å². The Morgan fingerprint density at radius 3 is 2.59 bits per heavy atom. The van der Waals surface area contributed by atoms with Crippen molar-refractivity contribution in [3.05, 3.63) is 27.3 Å². The number of carbonyl (C=O) groups excluding carboxylic acids is 1. The molecule has 0 heterocycles. The predicted octanol–water partition coefficient (Wildman–Crippen LogP) is 1.37. The van der Waals surface area contributed by atoms with Crippen LogP contribution in [0, 0.1) is 3.57 Å². The fourth-order valence-electron chi connectivity index (χ4n) is 1.23. The maximum Gasteiger partial charge on any atom is 0.320 e. The highest BCUT2D eigenvalue weighted by Crippen LogP contribution is 2.21. The third-order valence-electron chi connectivity index (χ3n) is 2.27. The van der Waals surface area contributed by atoms with Crippen molar-refractivity contribution >= 4 is 34.3 Å². The van der Waals surface area contributed by atoms with Crippen LogP contribution < -0.4 is 5.73 Å². The van der Waals surface area contributed by atoms with Gasteiger partial charge in [-0.3, -0.25) is 9.59 Å². The lowest BCUT2D eigenvalue weighted by Crippen LogP contribution is -2.30. The summed E-state index contributed by atoms with van der Waals surface area (Å²) in [6, 6.07) is 3.48. The molecule has 1 aromatic rings. The Kier molecular flexibility index (Phi) is 4.88. The second kappa shape index (κ2) is 5.97. The Morgan fingerprint density at radius 1 is 1.41 bits per heavy atom. The normalized spacial score (nSPS) is 12.1. The predicted molar refractivity (Wildman–Crippen MR) is 70.0 cm³/mol. The molecule has 0 aliphatic rings. The first-order valence-electron chi connectivity index (χ1n) is 4.92. The van der Waals surface area contributed by atoms with E-state index in [-0.39, 0.29) is 24.4 Å². The lowest BCUT2D eigenvalue weighted by Gasteiger charge is -2.06. The Morgan fingerprint density at radius 2 is 2.06 bits per heavy atom. The number of benzene rings is 1. The van der Waals surface area contributed by atoms with E-state index in [1.807, 2.05) is 22.6 Å². The van der Waals surface area contributed by atoms with Crippen LogP contribution in [0.5, 0.6) is 5.75 Å². The Balaban J connectivity index is 2.64. The van der Waals surface area contributed by atoms with Crippen LogP contribution in [-0.2, 0) is 4.79 Å². The third kappa shape index (κ3) is 3.97. The van der Waals surface area contributed by atoms with Crippen molar-refractivity contribution in [3.8, 4) is 5.75 Å². The van der Waals surface area contributed by atoms with Crippen LogP contribution in [0.2, 0.25) is 0 Å². The number of rotatable bonds is 5. The van der Waals surface area contributed by atoms with Crippen LogP contribution in [0.15, 0.2) is 18.2 Å². The number of nitrogens with two attached hydrogens (primary N) is 1. The molecule has 0 bridgehead atoms. The minimum Gasteiger partial charge on any atom is -0.507 e. The van der Waals surface area contributed by atoms with Gasteiger partial charge in [-0.15, -0.1) is 0 Å². The van der Waals surface area contributed by atoms with Crippen molar-refractivity contribution in [2.75, 3.05) is 0 Å². The molecular formula is C11H12INO4. The molecule has 0 aliphatic heterocycles. The standard InChI is InChI=1S/C11H12INO4/c12-7-5-6(1-3-10(7)15)9(14)4-2-8(13)11(16)17/h1,3,5,8,15H,2,4,13H2,(H,16,17)/t8-/m0/s1. The van der Waals surface area contributed by atoms with E-state index in [9.17, 15) is 14.7 Å². The fraction of sp³-hybridized carbons (Fsp3) is 0.273. The van der Waals surface area contributed by atoms with E-state index >= 15 is 0 Å². The number of phenols is 1. The molecule has 1 atom stereocenters. The first kappa shape index (κ1) is 13.9. The van der Waals surface area contributed by atoms with Crippen LogP contribution in [0.4, 0.5) is 0 Å². The van der Waals surface area contributed by atoms with Gasteiger partial charge in [0.1, 0.15) is 11.8 Å². The van der Waals surface area contributed by atoms with Gasteiger partial charge in [0.15, 0.2) is 5.78 Å². The highest BCUT2D eigenvalue weighted by molar-refractivity contribution is 14.1. The zero-order chi connectivity index (χ0) is 13.0. The summed E-state index contributed by atoms with van der Waals surface area (Å²) in [6.45, 7) is 0. The molecule has 1 aromatic carbocycles. The number of aromatic hydroxyl groups is 1. The van der Waals surface area contributed by atoms with Crippen LogP contribution >= 0.6 is 22.6 Å². The van der Waals surface area contributed by atoms with Crippen molar-refractivity contribution in [2.45, 2.75) is 18.9 Å². The number of carbonyl (C=O) groups is 2. The number of aliphatic carboxylic acids is 1. The van der Waals surface area contributed by atoms with Crippen molar-refractivity contribution in [1.82, 2.24) is 0 Å². The molecule has 17 heavy (non-hydrogen) atoms. The highest BCUT2D eigenvalue weighted by Gasteiger charge is 2.15. The monoisotopic (exact) mass is 349 g/mol. The summed E-state index contributed by atoms with van der Waals surface area (Å²) in [5.74, 6) is -1.18. The molecule has 6 heteroatoms. The Labute approximate surface area is 112 Å². The summed E-state index contributed by atoms with van der Waals surface area (Å²) in [6.07, 6.45) is 0.181. The highest BCUT2D eigenvalue weighted by atomic mass is 127. The average molecular weight is 349 g/mol. The van der Waals surface area contributed by atoms with Gasteiger partial charge in [0, 0.05) is 12.0 Å². The quantitative estimate of drug-likeness (QED) is 0.551. The number of carboxylic acids is 1. The lowest BCUT2D eigenvalue weighted by atomic mass is 10.0. The second-order valence-electron chi connectivity index (χ2n) is 3.57. The summed E-state index contributed by atoms with van der Waals surface area (Å²) in [5.41, 5.74) is 5.75. The lowest BCUT2D eigenvalue weighted by molar-refractivity contribution is -0.138. The minimum atomic E-state index is -1.11. The number of halogens is 1. The summed E-state index contributed by atoms with van der Waals surface area (Å²) in [4.78, 5) is 22.2. The van der Waals surface area contributed by atoms with Gasteiger partial charge in [-0.2, -0.15) is 0 Å². The Hall–Kier alpha value is -1.15. The SMILES string of the molecule is N[C@@H](CCC(=O)c1ccc(O)c(I)c1)C(=O)O. The molecule has 1 rings (SSSR count). The Bertz CT molecular complexity index is 447. The topological polar surface area (TPSA) is 101 Å². The van der Waals surface area contributed by atoms with Gasteiger partial charge < -0.3 is 15.9 Å². The number of hydrogen-bond donors (Lipinski definition) is 3. The average Bonchev–Trinajstić information content (AvgIpc) is 2.28. The van der Waals surface area contributed by atoms with Crippen LogP contribution in [0.1, 0.15) is 23.2 Å². The van der Waals surface area contributed by atoms with Gasteiger partial charge in [-0.1, -0.05) is 0 Å². The van der Waals surface area contributed by atoms with Gasteiger partial charge in [0.2, 0.25) is 0 Å². The van der Waals surface area contributed by atoms with Gasteiger partial charge in [0.25, 0.3) is 0 Å². The van der Waals surface area contributed by atoms with Gasteiger partial charge >= 0.3 is 5.97 Å². The molecule has 92 valence electrons. The number of ketones is 1. The van der Waals surface area contributed by atoms with E-state index in [2.05, 4.69) is 0 Å². The molecule has 0 saturated carbocycles. The third-order valence-corrected chi connectivity index (χ3v) is 3.13. The van der Waals surface area contributed by atoms with Crippen molar-refractivity contribution in [1.29, 1.82) is 0 Å². The van der Waals surface area contributed by atoms with E-state index in [0.717, 1.165) is 0 Å². The van der Waals surface area contributed by atoms with E-state index < -0.39 is 12.0 Å². The first-order valence-corrected chi connectivity index (χ1v) is 6.00. The molecule has 0 amide bonds. The molecule has 0 unspecified atom stereocenters. The van der Waals surface area contributed by atoms with Crippen molar-refractivity contribution < 1.29 is 19.8 Å². The molecule has 0 aliphatic carbocycles. The maximum atomic E-state index is 11.7. The summed E-state index contributed by atoms with van der Waals surface area (Å²) >= 11 is 1.91. The van der Waals surface area contributed by atoms with E-state index in [1.54, 1.807) is 6.07 Å². The maximum absolute atomic E-state index is 11.7. The minimum absolute atomic E-state index is 0.0777. The van der Waals surface area contributed by atoms with Crippen LogP contribution in [0.25, 0.3) is 0 Å². The smallest absolute Gasteiger partial charge is 0.320 e. The number of Topliss-reactive ketones (excluding diaryl/α,β-unsaturated/α-hetero) is 1. The van der Waals surface area contributed by atoms with Crippen molar-refractivity contribution in [2.24, 2.45) is 5.73 Å². The van der Waals surface area contributed by atoms with E-state index in [1.165, 1.54) is 12.1 Å². The fourth-order valence-corrected chi connectivity index (χ4v) is 1.75. The summed E-state index contributed by atoms with van der Waals surface area (Å²) < 4.78 is 0.580. The largest absolute Gasteiger partial charge is 0.507 e. The number of hydrogen-bond acceptors (Lipinski definition) is 4. The van der Waals surface area contributed by atoms with E-state index in [0.29, 0.717) is 9.13 Å². The summed E-state index contributed by atoms with van der Waals surface area (Å²) in [7, 11) is 0. The molecule has 0 saturated heterocycles. The molecule has 0 aromatic heterocycles. The molecule has 4 N–H and O–H groups in total. The number of carboxylic acid groups (broad SMARTS) is 1. The van der Waals surface area contributed by atoms with E-state index in [4.69, 9.17) is 10.8 Å². The number of phenolic OH excluding ortho intramolecular Hbond substituents is 1. The molecule has 0 radical (unpaired) electrons. The van der Waals surface area contributed by atoms with Crippen molar-refractivity contribution in [3.63, 3.8) is 0 Å². The van der Waals surface area contributed by atoms with Crippen LogP contribution in [-0.4, -0.2) is 28.0 Å². The molecule has 5 nitrogen and oxygen atoms in total. The molecule has 0 spiro atoms. The second-order valence-corrected chi connectivity index (χ2v) is 4.73. The first-order chi connectivity index (χ1) is 7.91. The van der Waals surface area contributed by atoms with Gasteiger partial charge in [-0.05, 0) is 47.2 Å². The zero-order valence-corrected chi connectivity index (χ0v) is 11.0. The zero-order valence-electron chi connectivity index (χ0n) is 8.89. The van der Waals surface area contributed by atoms with Gasteiger partial charge in [-0.25, -0.2) is 0 Å². The molecular weight excluding hydrogens is 337 g/mol. The molecule has 0 fully saturated rings.